The highest BCUT2D eigenvalue weighted by atomic mass is 16.4. The van der Waals surface area contributed by atoms with Gasteiger partial charge in [-0.05, 0) is 43.7 Å². The molecule has 0 amide bonds. The first-order chi connectivity index (χ1) is 8.22. The Kier molecular flexibility index (Phi) is 3.87. The Morgan fingerprint density at radius 2 is 2.12 bits per heavy atom. The van der Waals surface area contributed by atoms with Gasteiger partial charge in [-0.25, -0.2) is 4.79 Å². The van der Waals surface area contributed by atoms with Gasteiger partial charge in [0.15, 0.2) is 0 Å². The molecule has 17 heavy (non-hydrogen) atoms. The van der Waals surface area contributed by atoms with Gasteiger partial charge in [-0.15, -0.1) is 0 Å². The van der Waals surface area contributed by atoms with Crippen LogP contribution in [0.1, 0.15) is 62.0 Å². The summed E-state index contributed by atoms with van der Waals surface area (Å²) in [6.45, 7) is 2.24. The maximum atomic E-state index is 11.1. The summed E-state index contributed by atoms with van der Waals surface area (Å²) in [4.78, 5) is 11.1. The molecule has 1 aromatic rings. The molecule has 1 aliphatic carbocycles. The smallest absolute Gasteiger partial charge is 0.352 e. The van der Waals surface area contributed by atoms with Crippen molar-refractivity contribution >= 4 is 5.97 Å². The standard InChI is InChI=1S/C14H21NO2/c1-2-4-11-6-8-12(9-7-11)15-10-3-5-13(15)14(16)17/h3,5,10-12H,2,4,6-9H2,1H3,(H,16,17). The zero-order valence-electron chi connectivity index (χ0n) is 10.4. The first-order valence-corrected chi connectivity index (χ1v) is 6.62. The monoisotopic (exact) mass is 235 g/mol. The van der Waals surface area contributed by atoms with Crippen LogP contribution in [0.3, 0.4) is 0 Å². The molecule has 2 rings (SSSR count). The topological polar surface area (TPSA) is 42.2 Å². The van der Waals surface area contributed by atoms with Gasteiger partial charge in [-0.2, -0.15) is 0 Å². The van der Waals surface area contributed by atoms with Crippen LogP contribution in [0, 0.1) is 5.92 Å². The number of aromatic nitrogens is 1. The molecule has 0 saturated heterocycles. The molecule has 94 valence electrons. The van der Waals surface area contributed by atoms with E-state index >= 15 is 0 Å². The maximum absolute atomic E-state index is 11.1. The quantitative estimate of drug-likeness (QED) is 0.864. The van der Waals surface area contributed by atoms with Crippen LogP contribution in [-0.4, -0.2) is 15.6 Å². The second-order valence-corrected chi connectivity index (χ2v) is 5.07. The van der Waals surface area contributed by atoms with E-state index in [0.29, 0.717) is 11.7 Å². The summed E-state index contributed by atoms with van der Waals surface area (Å²) in [6.07, 6.45) is 9.24. The fraction of sp³-hybridized carbons (Fsp3) is 0.643. The highest BCUT2D eigenvalue weighted by Crippen LogP contribution is 2.35. The van der Waals surface area contributed by atoms with Crippen molar-refractivity contribution in [3.63, 3.8) is 0 Å². The van der Waals surface area contributed by atoms with E-state index in [1.165, 1.54) is 25.7 Å². The minimum absolute atomic E-state index is 0.393. The van der Waals surface area contributed by atoms with Gasteiger partial charge in [-0.1, -0.05) is 19.8 Å². The van der Waals surface area contributed by atoms with Gasteiger partial charge in [0.1, 0.15) is 5.69 Å². The van der Waals surface area contributed by atoms with Crippen molar-refractivity contribution in [2.75, 3.05) is 0 Å². The van der Waals surface area contributed by atoms with Crippen molar-refractivity contribution in [3.05, 3.63) is 24.0 Å². The molecule has 0 aromatic carbocycles. The molecule has 0 atom stereocenters. The molecule has 0 spiro atoms. The van der Waals surface area contributed by atoms with Crippen LogP contribution in [0.5, 0.6) is 0 Å². The second kappa shape index (κ2) is 5.39. The molecule has 1 N–H and O–H groups in total. The lowest BCUT2D eigenvalue weighted by atomic mass is 9.83. The van der Waals surface area contributed by atoms with Crippen LogP contribution < -0.4 is 0 Å². The Bertz CT molecular complexity index is 375. The molecule has 0 radical (unpaired) electrons. The van der Waals surface area contributed by atoms with E-state index in [1.54, 1.807) is 6.07 Å². The van der Waals surface area contributed by atoms with Gasteiger partial charge in [0.2, 0.25) is 0 Å². The number of rotatable bonds is 4. The summed E-state index contributed by atoms with van der Waals surface area (Å²) in [5.41, 5.74) is 0.434. The van der Waals surface area contributed by atoms with Crippen molar-refractivity contribution in [1.82, 2.24) is 4.57 Å². The Hall–Kier alpha value is -1.25. The predicted molar refractivity (Wildman–Crippen MR) is 67.3 cm³/mol. The summed E-state index contributed by atoms with van der Waals surface area (Å²) >= 11 is 0. The zero-order valence-corrected chi connectivity index (χ0v) is 10.4. The molecule has 1 fully saturated rings. The fourth-order valence-electron chi connectivity index (χ4n) is 3.01. The lowest BCUT2D eigenvalue weighted by Crippen LogP contribution is -2.20. The summed E-state index contributed by atoms with van der Waals surface area (Å²) in [7, 11) is 0. The van der Waals surface area contributed by atoms with Gasteiger partial charge in [-0.3, -0.25) is 0 Å². The average Bonchev–Trinajstić information content (AvgIpc) is 2.79. The minimum atomic E-state index is -0.814. The third-order valence-corrected chi connectivity index (χ3v) is 3.90. The number of hydrogen-bond donors (Lipinski definition) is 1. The molecule has 0 unspecified atom stereocenters. The van der Waals surface area contributed by atoms with E-state index in [4.69, 9.17) is 5.11 Å². The second-order valence-electron chi connectivity index (χ2n) is 5.07. The third-order valence-electron chi connectivity index (χ3n) is 3.90. The maximum Gasteiger partial charge on any atom is 0.352 e. The van der Waals surface area contributed by atoms with Crippen molar-refractivity contribution in [2.45, 2.75) is 51.5 Å². The van der Waals surface area contributed by atoms with E-state index in [2.05, 4.69) is 6.92 Å². The van der Waals surface area contributed by atoms with Crippen LogP contribution >= 0.6 is 0 Å². The van der Waals surface area contributed by atoms with E-state index in [9.17, 15) is 4.79 Å². The summed E-state index contributed by atoms with van der Waals surface area (Å²) in [5.74, 6) is 0.0470. The van der Waals surface area contributed by atoms with Crippen LogP contribution in [0.25, 0.3) is 0 Å². The van der Waals surface area contributed by atoms with Crippen molar-refractivity contribution < 1.29 is 9.90 Å². The third kappa shape index (κ3) is 2.71. The molecule has 1 saturated carbocycles. The van der Waals surface area contributed by atoms with Crippen LogP contribution in [0.4, 0.5) is 0 Å². The highest BCUT2D eigenvalue weighted by molar-refractivity contribution is 5.85. The van der Waals surface area contributed by atoms with Gasteiger partial charge in [0, 0.05) is 12.2 Å². The molecule has 1 aromatic heterocycles. The molecule has 3 heteroatoms. The van der Waals surface area contributed by atoms with E-state index in [1.807, 2.05) is 16.8 Å². The molecule has 1 aliphatic rings. The molecule has 0 bridgehead atoms. The number of carboxylic acid groups (broad SMARTS) is 1. The number of hydrogen-bond acceptors (Lipinski definition) is 1. The van der Waals surface area contributed by atoms with Crippen LogP contribution in [0.2, 0.25) is 0 Å². The van der Waals surface area contributed by atoms with Gasteiger partial charge < -0.3 is 9.67 Å². The number of nitrogens with zero attached hydrogens (tertiary/aromatic N) is 1. The van der Waals surface area contributed by atoms with Crippen LogP contribution in [-0.2, 0) is 0 Å². The number of carbonyl (C=O) groups is 1. The average molecular weight is 235 g/mol. The van der Waals surface area contributed by atoms with Gasteiger partial charge in [0.05, 0.1) is 0 Å². The molecule has 1 heterocycles. The summed E-state index contributed by atoms with van der Waals surface area (Å²) in [6, 6.07) is 3.92. The Labute approximate surface area is 102 Å². The number of carboxylic acids is 1. The fourth-order valence-corrected chi connectivity index (χ4v) is 3.01. The van der Waals surface area contributed by atoms with Crippen LogP contribution in [0.15, 0.2) is 18.3 Å². The highest BCUT2D eigenvalue weighted by Gasteiger charge is 2.23. The Morgan fingerprint density at radius 3 is 2.71 bits per heavy atom. The van der Waals surface area contributed by atoms with Crippen molar-refractivity contribution in [3.8, 4) is 0 Å². The first kappa shape index (κ1) is 12.2. The molecular formula is C14H21NO2. The van der Waals surface area contributed by atoms with Crippen molar-refractivity contribution in [1.29, 1.82) is 0 Å². The van der Waals surface area contributed by atoms with E-state index in [-0.39, 0.29) is 0 Å². The first-order valence-electron chi connectivity index (χ1n) is 6.62. The molecular weight excluding hydrogens is 214 g/mol. The lowest BCUT2D eigenvalue weighted by molar-refractivity contribution is 0.0680. The normalized spacial score (nSPS) is 24.8. The number of aromatic carboxylic acids is 1. The SMILES string of the molecule is CCCC1CCC(n2cccc2C(=O)O)CC1. The Morgan fingerprint density at radius 1 is 1.41 bits per heavy atom. The van der Waals surface area contributed by atoms with E-state index in [0.717, 1.165) is 18.8 Å². The minimum Gasteiger partial charge on any atom is -0.477 e. The van der Waals surface area contributed by atoms with E-state index < -0.39 is 5.97 Å². The van der Waals surface area contributed by atoms with Crippen molar-refractivity contribution in [2.24, 2.45) is 5.92 Å². The summed E-state index contributed by atoms with van der Waals surface area (Å²) < 4.78 is 1.95. The summed E-state index contributed by atoms with van der Waals surface area (Å²) in [5, 5.41) is 9.10. The molecule has 0 aliphatic heterocycles. The van der Waals surface area contributed by atoms with Gasteiger partial charge in [0.25, 0.3) is 0 Å². The predicted octanol–water partition coefficient (Wildman–Crippen LogP) is 3.72. The Balaban J connectivity index is 2.00. The zero-order chi connectivity index (χ0) is 12.3. The molecule has 3 nitrogen and oxygen atoms in total. The largest absolute Gasteiger partial charge is 0.477 e. The van der Waals surface area contributed by atoms with Gasteiger partial charge >= 0.3 is 5.97 Å². The lowest BCUT2D eigenvalue weighted by Gasteiger charge is -2.30.